The lowest BCUT2D eigenvalue weighted by atomic mass is 10.1. The van der Waals surface area contributed by atoms with Crippen LogP contribution in [0, 0.1) is 0 Å². The van der Waals surface area contributed by atoms with E-state index in [4.69, 9.17) is 0 Å². The maximum Gasteiger partial charge on any atom is 0.254 e. The summed E-state index contributed by atoms with van der Waals surface area (Å²) in [6.45, 7) is 1.16. The number of benzene rings is 2. The average Bonchev–Trinajstić information content (AvgIpc) is 3.36. The molecular formula is C21H21N3O2. The molecule has 1 aliphatic carbocycles. The second kappa shape index (κ2) is 7.04. The zero-order valence-corrected chi connectivity index (χ0v) is 14.5. The van der Waals surface area contributed by atoms with E-state index >= 15 is 0 Å². The molecule has 0 spiro atoms. The topological polar surface area (TPSA) is 58.4 Å². The van der Waals surface area contributed by atoms with E-state index < -0.39 is 0 Å². The van der Waals surface area contributed by atoms with Crippen molar-refractivity contribution < 1.29 is 9.90 Å². The van der Waals surface area contributed by atoms with E-state index in [1.807, 2.05) is 58.2 Å². The lowest BCUT2D eigenvalue weighted by molar-refractivity contribution is 0.0729. The Morgan fingerprint density at radius 3 is 2.65 bits per heavy atom. The number of hydrogen-bond acceptors (Lipinski definition) is 3. The molecule has 0 saturated heterocycles. The Bertz CT molecular complexity index is 901. The van der Waals surface area contributed by atoms with Crippen LogP contribution in [0.3, 0.4) is 0 Å². The van der Waals surface area contributed by atoms with Crippen LogP contribution in [0.1, 0.15) is 34.3 Å². The van der Waals surface area contributed by atoms with Crippen molar-refractivity contribution in [2.75, 3.05) is 0 Å². The van der Waals surface area contributed by atoms with Gasteiger partial charge in [-0.2, -0.15) is 5.10 Å². The number of phenolic OH excluding ortho intramolecular Hbond substituents is 1. The van der Waals surface area contributed by atoms with E-state index in [0.29, 0.717) is 24.7 Å². The lowest BCUT2D eigenvalue weighted by Crippen LogP contribution is -2.32. The summed E-state index contributed by atoms with van der Waals surface area (Å²) in [5.74, 6) is 0.269. The van der Waals surface area contributed by atoms with E-state index in [0.717, 1.165) is 24.0 Å². The molecule has 2 aromatic carbocycles. The van der Waals surface area contributed by atoms with Crippen molar-refractivity contribution in [1.29, 1.82) is 0 Å². The molecule has 132 valence electrons. The van der Waals surface area contributed by atoms with Crippen LogP contribution in [-0.2, 0) is 13.1 Å². The minimum absolute atomic E-state index is 0.0400. The van der Waals surface area contributed by atoms with Crippen molar-refractivity contribution >= 4 is 5.91 Å². The van der Waals surface area contributed by atoms with Crippen LogP contribution in [0.5, 0.6) is 5.75 Å². The van der Waals surface area contributed by atoms with Crippen molar-refractivity contribution in [2.45, 2.75) is 32.0 Å². The summed E-state index contributed by atoms with van der Waals surface area (Å²) >= 11 is 0. The van der Waals surface area contributed by atoms with Gasteiger partial charge < -0.3 is 10.0 Å². The normalized spacial score (nSPS) is 13.5. The Morgan fingerprint density at radius 2 is 1.92 bits per heavy atom. The number of nitrogens with zero attached hydrogens (tertiary/aromatic N) is 3. The summed E-state index contributed by atoms with van der Waals surface area (Å²) in [6, 6.07) is 17.0. The van der Waals surface area contributed by atoms with Crippen LogP contribution in [-0.4, -0.2) is 31.7 Å². The second-order valence-corrected chi connectivity index (χ2v) is 6.74. The van der Waals surface area contributed by atoms with E-state index in [-0.39, 0.29) is 11.7 Å². The zero-order chi connectivity index (χ0) is 17.9. The van der Waals surface area contributed by atoms with E-state index in [1.165, 1.54) is 0 Å². The molecule has 26 heavy (non-hydrogen) atoms. The van der Waals surface area contributed by atoms with Crippen LogP contribution < -0.4 is 0 Å². The lowest BCUT2D eigenvalue weighted by Gasteiger charge is -2.23. The molecule has 1 amide bonds. The predicted octanol–water partition coefficient (Wildman–Crippen LogP) is 3.44. The predicted molar refractivity (Wildman–Crippen MR) is 98.8 cm³/mol. The van der Waals surface area contributed by atoms with Crippen molar-refractivity contribution in [3.05, 3.63) is 83.7 Å². The highest BCUT2D eigenvalue weighted by Crippen LogP contribution is 2.30. The van der Waals surface area contributed by atoms with Crippen LogP contribution >= 0.6 is 0 Å². The minimum Gasteiger partial charge on any atom is -0.508 e. The molecule has 0 unspecified atom stereocenters. The molecule has 1 fully saturated rings. The van der Waals surface area contributed by atoms with Crippen LogP contribution in [0.2, 0.25) is 0 Å². The van der Waals surface area contributed by atoms with Gasteiger partial charge in [0.25, 0.3) is 5.91 Å². The number of aromatic hydroxyl groups is 1. The fourth-order valence-electron chi connectivity index (χ4n) is 3.15. The third-order valence-electron chi connectivity index (χ3n) is 4.59. The number of carbonyl (C=O) groups is 1. The molecular weight excluding hydrogens is 326 g/mol. The first kappa shape index (κ1) is 16.4. The Hall–Kier alpha value is -3.08. The van der Waals surface area contributed by atoms with Gasteiger partial charge in [0.05, 0.1) is 6.54 Å². The summed E-state index contributed by atoms with van der Waals surface area (Å²) in [4.78, 5) is 15.0. The quantitative estimate of drug-likeness (QED) is 0.743. The molecule has 4 rings (SSSR count). The van der Waals surface area contributed by atoms with Crippen LogP contribution in [0.15, 0.2) is 67.0 Å². The molecule has 1 saturated carbocycles. The molecule has 1 heterocycles. The average molecular weight is 347 g/mol. The summed E-state index contributed by atoms with van der Waals surface area (Å²) in [7, 11) is 0. The number of hydrogen-bond donors (Lipinski definition) is 1. The fraction of sp³-hybridized carbons (Fsp3) is 0.238. The number of aromatic nitrogens is 2. The highest BCUT2D eigenvalue weighted by atomic mass is 16.3. The molecule has 0 aliphatic heterocycles. The largest absolute Gasteiger partial charge is 0.508 e. The Morgan fingerprint density at radius 1 is 1.12 bits per heavy atom. The summed E-state index contributed by atoms with van der Waals surface area (Å²) in [5, 5.41) is 13.9. The molecule has 5 heteroatoms. The number of rotatable bonds is 6. The van der Waals surface area contributed by atoms with Gasteiger partial charge in [0, 0.05) is 30.5 Å². The third kappa shape index (κ3) is 3.77. The molecule has 0 radical (unpaired) electrons. The van der Waals surface area contributed by atoms with Crippen LogP contribution in [0.4, 0.5) is 0 Å². The monoisotopic (exact) mass is 347 g/mol. The molecule has 1 N–H and O–H groups in total. The zero-order valence-electron chi connectivity index (χ0n) is 14.5. The number of phenols is 1. The summed E-state index contributed by atoms with van der Waals surface area (Å²) in [6.07, 6.45) is 5.74. The Balaban J connectivity index is 1.54. The first-order valence-corrected chi connectivity index (χ1v) is 8.84. The van der Waals surface area contributed by atoms with Gasteiger partial charge >= 0.3 is 0 Å². The highest BCUT2D eigenvalue weighted by Gasteiger charge is 2.33. The molecule has 0 atom stereocenters. The van der Waals surface area contributed by atoms with Gasteiger partial charge in [0.15, 0.2) is 0 Å². The van der Waals surface area contributed by atoms with Gasteiger partial charge in [0.1, 0.15) is 5.75 Å². The second-order valence-electron chi connectivity index (χ2n) is 6.74. The summed E-state index contributed by atoms with van der Waals surface area (Å²) < 4.78 is 1.84. The molecule has 1 aliphatic rings. The van der Waals surface area contributed by atoms with Crippen molar-refractivity contribution in [3.63, 3.8) is 0 Å². The smallest absolute Gasteiger partial charge is 0.254 e. The van der Waals surface area contributed by atoms with Gasteiger partial charge in [-0.1, -0.05) is 24.3 Å². The van der Waals surface area contributed by atoms with Gasteiger partial charge in [-0.05, 0) is 54.3 Å². The molecule has 5 nitrogen and oxygen atoms in total. The van der Waals surface area contributed by atoms with Crippen molar-refractivity contribution in [2.24, 2.45) is 0 Å². The van der Waals surface area contributed by atoms with Crippen LogP contribution in [0.25, 0.3) is 0 Å². The van der Waals surface area contributed by atoms with Gasteiger partial charge in [-0.15, -0.1) is 0 Å². The molecule has 0 bridgehead atoms. The first-order valence-electron chi connectivity index (χ1n) is 8.84. The maximum absolute atomic E-state index is 13.1. The van der Waals surface area contributed by atoms with Gasteiger partial charge in [-0.25, -0.2) is 0 Å². The van der Waals surface area contributed by atoms with Gasteiger partial charge in [-0.3, -0.25) is 9.48 Å². The number of amides is 1. The van der Waals surface area contributed by atoms with E-state index in [1.54, 1.807) is 18.3 Å². The van der Waals surface area contributed by atoms with Gasteiger partial charge in [0.2, 0.25) is 0 Å². The fourth-order valence-corrected chi connectivity index (χ4v) is 3.15. The van der Waals surface area contributed by atoms with Crippen molar-refractivity contribution in [3.8, 4) is 5.75 Å². The molecule has 3 aromatic rings. The van der Waals surface area contributed by atoms with E-state index in [9.17, 15) is 9.90 Å². The number of carbonyl (C=O) groups excluding carboxylic acids is 1. The Labute approximate surface area is 152 Å². The first-order chi connectivity index (χ1) is 12.7. The minimum atomic E-state index is 0.0400. The highest BCUT2D eigenvalue weighted by molar-refractivity contribution is 5.94. The standard InChI is InChI=1S/C21H21N3O2/c25-20-7-2-5-17(13-20)15-24(19-8-9-19)21(26)18-6-1-4-16(12-18)14-23-11-3-10-22-23/h1-7,10-13,19,25H,8-9,14-15H2. The maximum atomic E-state index is 13.1. The van der Waals surface area contributed by atoms with E-state index in [2.05, 4.69) is 5.10 Å². The Kier molecular flexibility index (Phi) is 4.44. The van der Waals surface area contributed by atoms with Crippen molar-refractivity contribution in [1.82, 2.24) is 14.7 Å². The SMILES string of the molecule is O=C(c1cccc(Cn2cccn2)c1)N(Cc1cccc(O)c1)C1CC1. The molecule has 1 aromatic heterocycles. The summed E-state index contributed by atoms with van der Waals surface area (Å²) in [5.41, 5.74) is 2.69. The third-order valence-corrected chi connectivity index (χ3v) is 4.59.